The predicted molar refractivity (Wildman–Crippen MR) is 80.6 cm³/mol. The second-order valence-corrected chi connectivity index (χ2v) is 6.42. The molecule has 1 unspecified atom stereocenters. The Morgan fingerprint density at radius 2 is 2.10 bits per heavy atom. The van der Waals surface area contributed by atoms with Crippen molar-refractivity contribution >= 4 is 27.7 Å². The first kappa shape index (κ1) is 13.8. The number of amides is 1. The van der Waals surface area contributed by atoms with Crippen LogP contribution in [0.3, 0.4) is 0 Å². The van der Waals surface area contributed by atoms with Crippen molar-refractivity contribution in [2.45, 2.75) is 44.6 Å². The van der Waals surface area contributed by atoms with Gasteiger partial charge < -0.3 is 10.2 Å². The molecule has 108 valence electrons. The third kappa shape index (κ3) is 3.11. The SMILES string of the molecule is CC(Nc1cc(Br)nc(C2CC2)n1)C(=O)N1CCCC1. The number of hydrogen-bond donors (Lipinski definition) is 1. The summed E-state index contributed by atoms with van der Waals surface area (Å²) in [5, 5.41) is 3.21. The standard InChI is InChI=1S/C14H19BrN4O/c1-9(14(20)19-6-2-3-7-19)16-12-8-11(15)17-13(18-12)10-4-5-10/h8-10H,2-7H2,1H3,(H,16,17,18). The van der Waals surface area contributed by atoms with Gasteiger partial charge in [0, 0.05) is 25.1 Å². The van der Waals surface area contributed by atoms with E-state index in [1.165, 1.54) is 0 Å². The number of nitrogens with zero attached hydrogens (tertiary/aromatic N) is 3. The van der Waals surface area contributed by atoms with Crippen LogP contribution in [0.15, 0.2) is 10.7 Å². The van der Waals surface area contributed by atoms with Crippen molar-refractivity contribution in [1.29, 1.82) is 0 Å². The molecule has 1 amide bonds. The number of carbonyl (C=O) groups is 1. The van der Waals surface area contributed by atoms with Crippen molar-refractivity contribution in [2.24, 2.45) is 0 Å². The van der Waals surface area contributed by atoms with E-state index in [2.05, 4.69) is 31.2 Å². The molecule has 6 heteroatoms. The first-order valence-corrected chi connectivity index (χ1v) is 8.02. The van der Waals surface area contributed by atoms with E-state index in [1.807, 2.05) is 17.9 Å². The monoisotopic (exact) mass is 338 g/mol. The Labute approximate surface area is 127 Å². The maximum absolute atomic E-state index is 12.3. The number of hydrogen-bond acceptors (Lipinski definition) is 4. The molecule has 1 aliphatic carbocycles. The zero-order chi connectivity index (χ0) is 14.1. The van der Waals surface area contributed by atoms with Crippen LogP contribution in [0.2, 0.25) is 0 Å². The van der Waals surface area contributed by atoms with Crippen molar-refractivity contribution in [1.82, 2.24) is 14.9 Å². The molecule has 0 bridgehead atoms. The van der Waals surface area contributed by atoms with Crippen molar-refractivity contribution in [3.05, 3.63) is 16.5 Å². The maximum atomic E-state index is 12.3. The van der Waals surface area contributed by atoms with Crippen LogP contribution in [-0.2, 0) is 4.79 Å². The molecule has 2 heterocycles. The van der Waals surface area contributed by atoms with Gasteiger partial charge in [0.1, 0.15) is 22.3 Å². The summed E-state index contributed by atoms with van der Waals surface area (Å²) < 4.78 is 0.776. The lowest BCUT2D eigenvalue weighted by Gasteiger charge is -2.21. The van der Waals surface area contributed by atoms with E-state index in [-0.39, 0.29) is 11.9 Å². The number of rotatable bonds is 4. The average Bonchev–Trinajstić information content (AvgIpc) is 3.13. The first-order chi connectivity index (χ1) is 9.63. The summed E-state index contributed by atoms with van der Waals surface area (Å²) in [5.74, 6) is 2.26. The fourth-order valence-corrected chi connectivity index (χ4v) is 2.93. The molecule has 1 saturated carbocycles. The highest BCUT2D eigenvalue weighted by Crippen LogP contribution is 2.38. The lowest BCUT2D eigenvalue weighted by molar-refractivity contribution is -0.130. The Balaban J connectivity index is 1.68. The molecule has 1 saturated heterocycles. The summed E-state index contributed by atoms with van der Waals surface area (Å²) >= 11 is 3.42. The highest BCUT2D eigenvalue weighted by atomic mass is 79.9. The fourth-order valence-electron chi connectivity index (χ4n) is 2.53. The van der Waals surface area contributed by atoms with E-state index in [9.17, 15) is 4.79 Å². The topological polar surface area (TPSA) is 58.1 Å². The van der Waals surface area contributed by atoms with Crippen LogP contribution in [-0.4, -0.2) is 39.9 Å². The first-order valence-electron chi connectivity index (χ1n) is 7.23. The average molecular weight is 339 g/mol. The van der Waals surface area contributed by atoms with Crippen molar-refractivity contribution in [2.75, 3.05) is 18.4 Å². The van der Waals surface area contributed by atoms with Gasteiger partial charge >= 0.3 is 0 Å². The number of carbonyl (C=O) groups excluding carboxylic acids is 1. The molecule has 0 spiro atoms. The molecule has 2 aliphatic rings. The Hall–Kier alpha value is -1.17. The van der Waals surface area contributed by atoms with Crippen LogP contribution in [0.25, 0.3) is 0 Å². The second-order valence-electron chi connectivity index (χ2n) is 5.61. The molecular weight excluding hydrogens is 320 g/mol. The largest absolute Gasteiger partial charge is 0.358 e. The highest BCUT2D eigenvalue weighted by Gasteiger charge is 2.28. The summed E-state index contributed by atoms with van der Waals surface area (Å²) in [4.78, 5) is 23.1. The normalized spacial score (nSPS) is 20.0. The molecule has 20 heavy (non-hydrogen) atoms. The summed E-state index contributed by atoms with van der Waals surface area (Å²) in [7, 11) is 0. The third-order valence-electron chi connectivity index (χ3n) is 3.81. The summed E-state index contributed by atoms with van der Waals surface area (Å²) in [6, 6.07) is 1.58. The quantitative estimate of drug-likeness (QED) is 0.857. The van der Waals surface area contributed by atoms with E-state index in [0.29, 0.717) is 5.92 Å². The molecule has 5 nitrogen and oxygen atoms in total. The van der Waals surface area contributed by atoms with E-state index in [0.717, 1.165) is 55.0 Å². The van der Waals surface area contributed by atoms with Crippen LogP contribution in [0.5, 0.6) is 0 Å². The van der Waals surface area contributed by atoms with Crippen molar-refractivity contribution < 1.29 is 4.79 Å². The van der Waals surface area contributed by atoms with Crippen molar-refractivity contribution in [3.8, 4) is 0 Å². The van der Waals surface area contributed by atoms with Gasteiger partial charge in [-0.15, -0.1) is 0 Å². The van der Waals surface area contributed by atoms with Crippen LogP contribution in [0.1, 0.15) is 44.3 Å². The lowest BCUT2D eigenvalue weighted by Crippen LogP contribution is -2.39. The third-order valence-corrected chi connectivity index (χ3v) is 4.21. The fraction of sp³-hybridized carbons (Fsp3) is 0.643. The van der Waals surface area contributed by atoms with Gasteiger partial charge in [-0.2, -0.15) is 0 Å². The molecular formula is C14H19BrN4O. The molecule has 3 rings (SSSR count). The number of aromatic nitrogens is 2. The smallest absolute Gasteiger partial charge is 0.244 e. The number of likely N-dealkylation sites (tertiary alicyclic amines) is 1. The minimum Gasteiger partial charge on any atom is -0.358 e. The van der Waals surface area contributed by atoms with Crippen LogP contribution in [0.4, 0.5) is 5.82 Å². The summed E-state index contributed by atoms with van der Waals surface area (Å²) in [5.41, 5.74) is 0. The van der Waals surface area contributed by atoms with Crippen LogP contribution in [0, 0.1) is 0 Å². The van der Waals surface area contributed by atoms with Gasteiger partial charge in [-0.05, 0) is 48.5 Å². The van der Waals surface area contributed by atoms with E-state index < -0.39 is 0 Å². The molecule has 2 fully saturated rings. The summed E-state index contributed by atoms with van der Waals surface area (Å²) in [6.45, 7) is 3.66. The van der Waals surface area contributed by atoms with E-state index in [1.54, 1.807) is 0 Å². The molecule has 0 radical (unpaired) electrons. The predicted octanol–water partition coefficient (Wildman–Crippen LogP) is 2.54. The molecule has 1 aromatic rings. The van der Waals surface area contributed by atoms with Gasteiger partial charge in [0.15, 0.2) is 0 Å². The van der Waals surface area contributed by atoms with E-state index >= 15 is 0 Å². The van der Waals surface area contributed by atoms with Gasteiger partial charge in [-0.25, -0.2) is 9.97 Å². The second kappa shape index (κ2) is 5.68. The Morgan fingerprint density at radius 1 is 1.40 bits per heavy atom. The number of anilines is 1. The van der Waals surface area contributed by atoms with Crippen LogP contribution >= 0.6 is 15.9 Å². The maximum Gasteiger partial charge on any atom is 0.244 e. The van der Waals surface area contributed by atoms with Gasteiger partial charge in [-0.3, -0.25) is 4.79 Å². The Morgan fingerprint density at radius 3 is 2.75 bits per heavy atom. The van der Waals surface area contributed by atoms with Gasteiger partial charge in [-0.1, -0.05) is 0 Å². The molecule has 1 N–H and O–H groups in total. The minimum atomic E-state index is -0.248. The van der Waals surface area contributed by atoms with Gasteiger partial charge in [0.2, 0.25) is 5.91 Å². The number of nitrogens with one attached hydrogen (secondary N) is 1. The van der Waals surface area contributed by atoms with E-state index in [4.69, 9.17) is 0 Å². The van der Waals surface area contributed by atoms with Gasteiger partial charge in [0.25, 0.3) is 0 Å². The highest BCUT2D eigenvalue weighted by molar-refractivity contribution is 9.10. The van der Waals surface area contributed by atoms with Gasteiger partial charge in [0.05, 0.1) is 0 Å². The molecule has 1 atom stereocenters. The Bertz CT molecular complexity index is 512. The zero-order valence-corrected chi connectivity index (χ0v) is 13.2. The minimum absolute atomic E-state index is 0.158. The van der Waals surface area contributed by atoms with Crippen LogP contribution < -0.4 is 5.32 Å². The molecule has 0 aromatic carbocycles. The molecule has 1 aromatic heterocycles. The Kier molecular flexibility index (Phi) is 3.92. The summed E-state index contributed by atoms with van der Waals surface area (Å²) in [6.07, 6.45) is 4.56. The lowest BCUT2D eigenvalue weighted by atomic mass is 10.3. The zero-order valence-electron chi connectivity index (χ0n) is 11.6. The molecule has 1 aliphatic heterocycles. The number of halogens is 1. The van der Waals surface area contributed by atoms with Crippen molar-refractivity contribution in [3.63, 3.8) is 0 Å².